The second kappa shape index (κ2) is 7.80. The predicted octanol–water partition coefficient (Wildman–Crippen LogP) is 4.35. The van der Waals surface area contributed by atoms with E-state index >= 15 is 0 Å². The van der Waals surface area contributed by atoms with E-state index in [1.54, 1.807) is 0 Å². The molecule has 0 aliphatic heterocycles. The van der Waals surface area contributed by atoms with Gasteiger partial charge < -0.3 is 10.1 Å². The van der Waals surface area contributed by atoms with Gasteiger partial charge in [0, 0.05) is 19.2 Å². The lowest BCUT2D eigenvalue weighted by Gasteiger charge is -2.27. The highest BCUT2D eigenvalue weighted by Crippen LogP contribution is 2.17. The second-order valence-corrected chi connectivity index (χ2v) is 6.63. The van der Waals surface area contributed by atoms with E-state index in [4.69, 9.17) is 4.74 Å². The van der Waals surface area contributed by atoms with Crippen LogP contribution in [0.5, 0.6) is 0 Å². The van der Waals surface area contributed by atoms with Crippen LogP contribution in [0.1, 0.15) is 58.7 Å². The van der Waals surface area contributed by atoms with Crippen LogP contribution in [0.3, 0.4) is 0 Å². The Balaban J connectivity index is 2.53. The number of rotatable bonds is 8. The molecule has 0 aliphatic rings. The first-order valence-electron chi connectivity index (χ1n) is 7.80. The number of hydrogen-bond donors (Lipinski definition) is 1. The summed E-state index contributed by atoms with van der Waals surface area (Å²) < 4.78 is 5.72. The lowest BCUT2D eigenvalue weighted by atomic mass is 9.99. The molecule has 0 aromatic heterocycles. The molecule has 0 fully saturated rings. The fourth-order valence-corrected chi connectivity index (χ4v) is 2.37. The quantitative estimate of drug-likeness (QED) is 0.762. The molecule has 0 aliphatic carbocycles. The third-order valence-electron chi connectivity index (χ3n) is 3.49. The standard InChI is InChI=1S/C18H31NO/c1-7-20-18(5,6)13-19-15(4)17-10-8-16(9-11-17)12-14(2)3/h8-11,14-15,19H,7,12-13H2,1-6H3. The molecule has 2 nitrogen and oxygen atoms in total. The minimum Gasteiger partial charge on any atom is -0.375 e. The van der Waals surface area contributed by atoms with Gasteiger partial charge in [-0.2, -0.15) is 0 Å². The van der Waals surface area contributed by atoms with Crippen LogP contribution < -0.4 is 5.32 Å². The van der Waals surface area contributed by atoms with E-state index in [9.17, 15) is 0 Å². The van der Waals surface area contributed by atoms with E-state index in [2.05, 4.69) is 64.2 Å². The highest BCUT2D eigenvalue weighted by molar-refractivity contribution is 5.25. The zero-order valence-electron chi connectivity index (χ0n) is 14.0. The minimum atomic E-state index is -0.111. The summed E-state index contributed by atoms with van der Waals surface area (Å²) in [5.41, 5.74) is 2.65. The van der Waals surface area contributed by atoms with E-state index in [0.717, 1.165) is 19.6 Å². The molecule has 1 aromatic rings. The molecule has 0 saturated heterocycles. The van der Waals surface area contributed by atoms with Gasteiger partial charge in [0.1, 0.15) is 0 Å². The predicted molar refractivity (Wildman–Crippen MR) is 87.1 cm³/mol. The second-order valence-electron chi connectivity index (χ2n) is 6.63. The highest BCUT2D eigenvalue weighted by Gasteiger charge is 2.18. The molecule has 1 rings (SSSR count). The summed E-state index contributed by atoms with van der Waals surface area (Å²) in [5, 5.41) is 3.56. The van der Waals surface area contributed by atoms with Crippen LogP contribution in [0.15, 0.2) is 24.3 Å². The Hall–Kier alpha value is -0.860. The van der Waals surface area contributed by atoms with Crippen molar-refractivity contribution in [3.63, 3.8) is 0 Å². The summed E-state index contributed by atoms with van der Waals surface area (Å²) in [6.07, 6.45) is 1.15. The molecule has 0 radical (unpaired) electrons. The summed E-state index contributed by atoms with van der Waals surface area (Å²) in [6, 6.07) is 9.33. The Morgan fingerprint density at radius 3 is 2.20 bits per heavy atom. The molecule has 2 heteroatoms. The van der Waals surface area contributed by atoms with Crippen LogP contribution in [0, 0.1) is 5.92 Å². The van der Waals surface area contributed by atoms with E-state index in [0.29, 0.717) is 12.0 Å². The first-order chi connectivity index (χ1) is 9.34. The maximum Gasteiger partial charge on any atom is 0.0750 e. The molecule has 1 unspecified atom stereocenters. The molecule has 20 heavy (non-hydrogen) atoms. The van der Waals surface area contributed by atoms with Crippen LogP contribution in [0.4, 0.5) is 0 Å². The van der Waals surface area contributed by atoms with Gasteiger partial charge in [0.2, 0.25) is 0 Å². The molecule has 0 saturated carbocycles. The number of ether oxygens (including phenoxy) is 1. The van der Waals surface area contributed by atoms with Crippen LogP contribution in [-0.4, -0.2) is 18.8 Å². The van der Waals surface area contributed by atoms with Gasteiger partial charge in [0.05, 0.1) is 5.60 Å². The zero-order valence-corrected chi connectivity index (χ0v) is 14.0. The summed E-state index contributed by atoms with van der Waals surface area (Å²) >= 11 is 0. The molecular formula is C18H31NO. The molecular weight excluding hydrogens is 246 g/mol. The van der Waals surface area contributed by atoms with Crippen molar-refractivity contribution in [3.8, 4) is 0 Å². The minimum absolute atomic E-state index is 0.111. The lowest BCUT2D eigenvalue weighted by molar-refractivity contribution is -0.0103. The summed E-state index contributed by atoms with van der Waals surface area (Å²) in [5.74, 6) is 0.711. The SMILES string of the molecule is CCOC(C)(C)CNC(C)c1ccc(CC(C)C)cc1. The van der Waals surface area contributed by atoms with Crippen LogP contribution in [0.2, 0.25) is 0 Å². The highest BCUT2D eigenvalue weighted by atomic mass is 16.5. The third-order valence-corrected chi connectivity index (χ3v) is 3.49. The molecule has 114 valence electrons. The van der Waals surface area contributed by atoms with Gasteiger partial charge in [-0.1, -0.05) is 38.1 Å². The topological polar surface area (TPSA) is 21.3 Å². The van der Waals surface area contributed by atoms with Crippen LogP contribution in [-0.2, 0) is 11.2 Å². The Labute approximate surface area is 124 Å². The Morgan fingerprint density at radius 2 is 1.70 bits per heavy atom. The van der Waals surface area contributed by atoms with Gasteiger partial charge in [-0.15, -0.1) is 0 Å². The Morgan fingerprint density at radius 1 is 1.10 bits per heavy atom. The molecule has 0 bridgehead atoms. The van der Waals surface area contributed by atoms with Crippen LogP contribution in [0.25, 0.3) is 0 Å². The molecule has 0 spiro atoms. The summed E-state index contributed by atoms with van der Waals surface area (Å²) in [7, 11) is 0. The van der Waals surface area contributed by atoms with Gasteiger partial charge >= 0.3 is 0 Å². The van der Waals surface area contributed by atoms with Gasteiger partial charge in [0.15, 0.2) is 0 Å². The largest absolute Gasteiger partial charge is 0.375 e. The number of hydrogen-bond acceptors (Lipinski definition) is 2. The maximum absolute atomic E-state index is 5.72. The van der Waals surface area contributed by atoms with Gasteiger partial charge in [-0.05, 0) is 51.2 Å². The normalized spacial score (nSPS) is 13.8. The van der Waals surface area contributed by atoms with Crippen molar-refractivity contribution in [2.45, 2.75) is 59.6 Å². The fraction of sp³-hybridized carbons (Fsp3) is 0.667. The van der Waals surface area contributed by atoms with Gasteiger partial charge in [-0.3, -0.25) is 0 Å². The molecule has 1 atom stereocenters. The third kappa shape index (κ3) is 6.06. The first-order valence-corrected chi connectivity index (χ1v) is 7.80. The molecule has 1 N–H and O–H groups in total. The van der Waals surface area contributed by atoms with Crippen molar-refractivity contribution in [2.75, 3.05) is 13.2 Å². The van der Waals surface area contributed by atoms with E-state index in [1.807, 2.05) is 6.92 Å². The molecule has 0 amide bonds. The van der Waals surface area contributed by atoms with Crippen molar-refractivity contribution in [1.82, 2.24) is 5.32 Å². The summed E-state index contributed by atoms with van der Waals surface area (Å²) in [6.45, 7) is 14.6. The van der Waals surface area contributed by atoms with Gasteiger partial charge in [0.25, 0.3) is 0 Å². The van der Waals surface area contributed by atoms with E-state index < -0.39 is 0 Å². The van der Waals surface area contributed by atoms with E-state index in [-0.39, 0.29) is 5.60 Å². The first kappa shape index (κ1) is 17.2. The Kier molecular flexibility index (Phi) is 6.70. The van der Waals surface area contributed by atoms with Crippen molar-refractivity contribution in [2.24, 2.45) is 5.92 Å². The van der Waals surface area contributed by atoms with Gasteiger partial charge in [-0.25, -0.2) is 0 Å². The van der Waals surface area contributed by atoms with Crippen molar-refractivity contribution >= 4 is 0 Å². The summed E-state index contributed by atoms with van der Waals surface area (Å²) in [4.78, 5) is 0. The molecule has 1 aromatic carbocycles. The average Bonchev–Trinajstić information content (AvgIpc) is 2.36. The average molecular weight is 277 g/mol. The smallest absolute Gasteiger partial charge is 0.0750 e. The Bertz CT molecular complexity index is 381. The van der Waals surface area contributed by atoms with E-state index in [1.165, 1.54) is 11.1 Å². The van der Waals surface area contributed by atoms with Crippen LogP contribution >= 0.6 is 0 Å². The lowest BCUT2D eigenvalue weighted by Crippen LogP contribution is -2.38. The number of benzene rings is 1. The van der Waals surface area contributed by atoms with Crippen molar-refractivity contribution in [1.29, 1.82) is 0 Å². The maximum atomic E-state index is 5.72. The number of nitrogens with one attached hydrogen (secondary N) is 1. The van der Waals surface area contributed by atoms with Crippen molar-refractivity contribution in [3.05, 3.63) is 35.4 Å². The monoisotopic (exact) mass is 277 g/mol. The zero-order chi connectivity index (χ0) is 15.2. The van der Waals surface area contributed by atoms with Crippen molar-refractivity contribution < 1.29 is 4.74 Å². The molecule has 0 heterocycles. The fourth-order valence-electron chi connectivity index (χ4n) is 2.37.